The van der Waals surface area contributed by atoms with Gasteiger partial charge in [-0.15, -0.1) is 0 Å². The molecule has 0 N–H and O–H groups in total. The molecule has 0 bridgehead atoms. The Morgan fingerprint density at radius 3 is 2.36 bits per heavy atom. The summed E-state index contributed by atoms with van der Waals surface area (Å²) in [6, 6.07) is 7.01. The first-order chi connectivity index (χ1) is 10.2. The van der Waals surface area contributed by atoms with Crippen LogP contribution in [0.2, 0.25) is 0 Å². The van der Waals surface area contributed by atoms with Gasteiger partial charge < -0.3 is 0 Å². The summed E-state index contributed by atoms with van der Waals surface area (Å²) in [5, 5.41) is 0. The molecule has 1 saturated heterocycles. The van der Waals surface area contributed by atoms with Crippen molar-refractivity contribution in [3.8, 4) is 0 Å². The van der Waals surface area contributed by atoms with E-state index in [0.717, 1.165) is 18.4 Å². The van der Waals surface area contributed by atoms with Crippen molar-refractivity contribution >= 4 is 19.8 Å². The lowest BCUT2D eigenvalue weighted by atomic mass is 9.99. The fourth-order valence-corrected chi connectivity index (χ4v) is 4.69. The van der Waals surface area contributed by atoms with Crippen LogP contribution in [0.15, 0.2) is 33.5 Å². The fraction of sp³-hybridized carbons (Fsp3) is 0.600. The molecule has 7 heteroatoms. The number of rotatable bonds is 4. The molecule has 0 radical (unpaired) electrons. The average molecular weight is 345 g/mol. The van der Waals surface area contributed by atoms with Gasteiger partial charge in [-0.1, -0.05) is 12.1 Å². The maximum absolute atomic E-state index is 12.6. The SMILES string of the molecule is Cc1cccc(S(=O)(=O)N2CCC(CN=S(C)(C)=O)CC2)c1. The maximum Gasteiger partial charge on any atom is 0.243 e. The number of benzene rings is 1. The molecule has 0 amide bonds. The first-order valence-electron chi connectivity index (χ1n) is 7.38. The molecule has 0 atom stereocenters. The molecule has 0 aliphatic carbocycles. The molecule has 1 aromatic carbocycles. The van der Waals surface area contributed by atoms with Crippen LogP contribution in [0.25, 0.3) is 0 Å². The van der Waals surface area contributed by atoms with Gasteiger partial charge in [0.25, 0.3) is 0 Å². The van der Waals surface area contributed by atoms with Crippen molar-refractivity contribution in [2.24, 2.45) is 10.3 Å². The van der Waals surface area contributed by atoms with Crippen molar-refractivity contribution in [1.29, 1.82) is 0 Å². The molecule has 22 heavy (non-hydrogen) atoms. The van der Waals surface area contributed by atoms with Gasteiger partial charge in [-0.05, 0) is 43.4 Å². The number of hydrogen-bond acceptors (Lipinski definition) is 4. The molecule has 0 spiro atoms. The van der Waals surface area contributed by atoms with Crippen molar-refractivity contribution in [3.05, 3.63) is 29.8 Å². The van der Waals surface area contributed by atoms with E-state index in [2.05, 4.69) is 4.36 Å². The summed E-state index contributed by atoms with van der Waals surface area (Å²) in [6.07, 6.45) is 4.79. The minimum Gasteiger partial charge on any atom is -0.250 e. The minimum atomic E-state index is -3.41. The third kappa shape index (κ3) is 4.54. The Bertz CT molecular complexity index is 734. The lowest BCUT2D eigenvalue weighted by molar-refractivity contribution is 0.279. The Hall–Kier alpha value is -0.920. The molecule has 5 nitrogen and oxygen atoms in total. The van der Waals surface area contributed by atoms with Gasteiger partial charge >= 0.3 is 0 Å². The molecule has 1 fully saturated rings. The highest BCUT2D eigenvalue weighted by molar-refractivity contribution is 7.92. The van der Waals surface area contributed by atoms with Gasteiger partial charge in [-0.3, -0.25) is 4.21 Å². The monoisotopic (exact) mass is 344 g/mol. The topological polar surface area (TPSA) is 66.8 Å². The summed E-state index contributed by atoms with van der Waals surface area (Å²) in [5.41, 5.74) is 0.940. The predicted molar refractivity (Wildman–Crippen MR) is 89.9 cm³/mol. The lowest BCUT2D eigenvalue weighted by Crippen LogP contribution is -2.39. The van der Waals surface area contributed by atoms with Gasteiger partial charge in [0, 0.05) is 35.3 Å². The molecule has 124 valence electrons. The second kappa shape index (κ2) is 6.68. The van der Waals surface area contributed by atoms with Crippen LogP contribution in [-0.2, 0) is 19.8 Å². The van der Waals surface area contributed by atoms with Crippen LogP contribution in [0.4, 0.5) is 0 Å². The largest absolute Gasteiger partial charge is 0.250 e. The Balaban J connectivity index is 2.04. The normalized spacial score (nSPS) is 18.3. The van der Waals surface area contributed by atoms with E-state index >= 15 is 0 Å². The van der Waals surface area contributed by atoms with Crippen molar-refractivity contribution in [2.75, 3.05) is 32.1 Å². The summed E-state index contributed by atoms with van der Waals surface area (Å²) in [5.74, 6) is 0.324. The van der Waals surface area contributed by atoms with Gasteiger partial charge in [0.15, 0.2) is 0 Å². The molecule has 1 aromatic rings. The van der Waals surface area contributed by atoms with Crippen molar-refractivity contribution in [1.82, 2.24) is 4.31 Å². The Labute approximate surface area is 134 Å². The first-order valence-corrected chi connectivity index (χ1v) is 11.2. The molecule has 0 unspecified atom stereocenters. The van der Waals surface area contributed by atoms with E-state index in [1.165, 1.54) is 0 Å². The number of hydrogen-bond donors (Lipinski definition) is 0. The summed E-state index contributed by atoms with van der Waals surface area (Å²) in [4.78, 5) is 0.362. The minimum absolute atomic E-state index is 0.324. The average Bonchev–Trinajstić information content (AvgIpc) is 2.45. The highest BCUT2D eigenvalue weighted by Crippen LogP contribution is 2.24. The van der Waals surface area contributed by atoms with E-state index in [-0.39, 0.29) is 0 Å². The summed E-state index contributed by atoms with van der Waals surface area (Å²) >= 11 is 0. The maximum atomic E-state index is 12.6. The van der Waals surface area contributed by atoms with E-state index in [1.807, 2.05) is 13.0 Å². The molecular formula is C15H24N2O3S2. The van der Waals surface area contributed by atoms with Crippen molar-refractivity contribution < 1.29 is 12.6 Å². The van der Waals surface area contributed by atoms with E-state index in [1.54, 1.807) is 35.0 Å². The Kier molecular flexibility index (Phi) is 5.29. The Morgan fingerprint density at radius 1 is 1.18 bits per heavy atom. The van der Waals surface area contributed by atoms with Crippen LogP contribution in [0, 0.1) is 12.8 Å². The number of nitrogens with zero attached hydrogens (tertiary/aromatic N) is 2. The highest BCUT2D eigenvalue weighted by Gasteiger charge is 2.29. The van der Waals surface area contributed by atoms with Gasteiger partial charge in [0.05, 0.1) is 11.4 Å². The Morgan fingerprint density at radius 2 is 1.82 bits per heavy atom. The molecule has 2 rings (SSSR count). The molecule has 0 aromatic heterocycles. The van der Waals surface area contributed by atoms with Crippen LogP contribution in [0.3, 0.4) is 0 Å². The zero-order valence-corrected chi connectivity index (χ0v) is 15.0. The zero-order chi connectivity index (χ0) is 16.4. The van der Waals surface area contributed by atoms with Gasteiger partial charge in [-0.25, -0.2) is 12.8 Å². The second-order valence-corrected chi connectivity index (χ2v) is 10.7. The van der Waals surface area contributed by atoms with Gasteiger partial charge in [-0.2, -0.15) is 4.31 Å². The van der Waals surface area contributed by atoms with Crippen LogP contribution in [-0.4, -0.2) is 49.1 Å². The van der Waals surface area contributed by atoms with E-state index < -0.39 is 19.8 Å². The third-order valence-corrected chi connectivity index (χ3v) is 6.51. The van der Waals surface area contributed by atoms with E-state index in [4.69, 9.17) is 0 Å². The predicted octanol–water partition coefficient (Wildman–Crippen LogP) is 2.12. The lowest BCUT2D eigenvalue weighted by Gasteiger charge is -2.30. The molecule has 0 saturated carbocycles. The van der Waals surface area contributed by atoms with Gasteiger partial charge in [0.1, 0.15) is 0 Å². The number of sulfonamides is 1. The van der Waals surface area contributed by atoms with Crippen LogP contribution >= 0.6 is 0 Å². The standard InChI is InChI=1S/C15H24N2O3S2/c1-13-5-4-6-15(11-13)22(19,20)17-9-7-14(8-10-17)12-16-21(2,3)18/h4-6,11,14H,7-10,12H2,1-3H3. The smallest absolute Gasteiger partial charge is 0.243 e. The fourth-order valence-electron chi connectivity index (χ4n) is 2.54. The number of piperidine rings is 1. The van der Waals surface area contributed by atoms with Gasteiger partial charge in [0.2, 0.25) is 10.0 Å². The second-order valence-electron chi connectivity index (χ2n) is 6.16. The summed E-state index contributed by atoms with van der Waals surface area (Å²) < 4.78 is 42.6. The molecule has 1 heterocycles. The zero-order valence-electron chi connectivity index (χ0n) is 13.4. The number of aryl methyl sites for hydroxylation is 1. The summed E-state index contributed by atoms with van der Waals surface area (Å²) in [7, 11) is -5.48. The van der Waals surface area contributed by atoms with Crippen LogP contribution in [0.5, 0.6) is 0 Å². The molecular weight excluding hydrogens is 320 g/mol. The molecule has 1 aliphatic rings. The van der Waals surface area contributed by atoms with Crippen molar-refractivity contribution in [3.63, 3.8) is 0 Å². The van der Waals surface area contributed by atoms with Crippen LogP contribution < -0.4 is 0 Å². The quantitative estimate of drug-likeness (QED) is 0.840. The highest BCUT2D eigenvalue weighted by atomic mass is 32.2. The first kappa shape index (κ1) is 17.4. The third-order valence-electron chi connectivity index (χ3n) is 3.84. The van der Waals surface area contributed by atoms with Crippen LogP contribution in [0.1, 0.15) is 18.4 Å². The summed E-state index contributed by atoms with van der Waals surface area (Å²) in [6.45, 7) is 3.46. The van der Waals surface area contributed by atoms with E-state index in [0.29, 0.717) is 30.4 Å². The van der Waals surface area contributed by atoms with Crippen molar-refractivity contribution in [2.45, 2.75) is 24.7 Å². The molecule has 1 aliphatic heterocycles. The van der Waals surface area contributed by atoms with E-state index in [9.17, 15) is 12.6 Å².